The van der Waals surface area contributed by atoms with Gasteiger partial charge in [-0.2, -0.15) is 0 Å². The molecule has 1 fully saturated rings. The Bertz CT molecular complexity index is 459. The molecule has 1 aliphatic heterocycles. The predicted molar refractivity (Wildman–Crippen MR) is 77.9 cm³/mol. The molecule has 6 nitrogen and oxygen atoms in total. The molecule has 6 heteroatoms. The monoisotopic (exact) mass is 294 g/mol. The summed E-state index contributed by atoms with van der Waals surface area (Å²) in [4.78, 5) is 18.6. The third-order valence-corrected chi connectivity index (χ3v) is 3.72. The number of rotatable bonds is 6. The Labute approximate surface area is 124 Å². The molecule has 116 valence electrons. The Morgan fingerprint density at radius 2 is 1.95 bits per heavy atom. The molecule has 2 rings (SSSR count). The van der Waals surface area contributed by atoms with Gasteiger partial charge in [-0.3, -0.25) is 4.79 Å². The van der Waals surface area contributed by atoms with Gasteiger partial charge >= 0.3 is 0 Å². The highest BCUT2D eigenvalue weighted by Crippen LogP contribution is 2.26. The van der Waals surface area contributed by atoms with Gasteiger partial charge in [0, 0.05) is 13.1 Å². The standard InChI is InChI=1S/C15H22N2O4/c1-19-13-4-2-3-5-14(13)20-11-15(18)17-8-6-12(7-9-17)10-21-16/h2-5,12H,6-11,16H2,1H3. The molecular formula is C15H22N2O4. The Morgan fingerprint density at radius 3 is 2.57 bits per heavy atom. The maximum Gasteiger partial charge on any atom is 0.260 e. The van der Waals surface area contributed by atoms with E-state index in [1.807, 2.05) is 17.0 Å². The molecule has 0 aromatic heterocycles. The third-order valence-electron chi connectivity index (χ3n) is 3.72. The molecule has 1 saturated heterocycles. The minimum Gasteiger partial charge on any atom is -0.493 e. The number of carbonyl (C=O) groups excluding carboxylic acids is 1. The van der Waals surface area contributed by atoms with Gasteiger partial charge in [0.2, 0.25) is 0 Å². The van der Waals surface area contributed by atoms with Crippen LogP contribution in [0.2, 0.25) is 0 Å². The molecule has 1 aromatic carbocycles. The lowest BCUT2D eigenvalue weighted by molar-refractivity contribution is -0.135. The topological polar surface area (TPSA) is 74.0 Å². The number of benzene rings is 1. The highest BCUT2D eigenvalue weighted by molar-refractivity contribution is 5.78. The van der Waals surface area contributed by atoms with Crippen LogP contribution in [-0.4, -0.2) is 44.2 Å². The number of ether oxygens (including phenoxy) is 2. The molecule has 0 unspecified atom stereocenters. The lowest BCUT2D eigenvalue weighted by atomic mass is 9.98. The average molecular weight is 294 g/mol. The van der Waals surface area contributed by atoms with E-state index in [0.29, 0.717) is 24.0 Å². The number of amides is 1. The third kappa shape index (κ3) is 4.34. The Morgan fingerprint density at radius 1 is 1.29 bits per heavy atom. The summed E-state index contributed by atoms with van der Waals surface area (Å²) in [5.74, 6) is 6.73. The van der Waals surface area contributed by atoms with E-state index >= 15 is 0 Å². The first-order valence-electron chi connectivity index (χ1n) is 7.10. The Kier molecular flexibility index (Phi) is 5.83. The molecule has 0 spiro atoms. The van der Waals surface area contributed by atoms with Gasteiger partial charge in [0.1, 0.15) is 0 Å². The molecule has 0 atom stereocenters. The minimum absolute atomic E-state index is 0.00646. The molecule has 0 saturated carbocycles. The molecule has 2 N–H and O–H groups in total. The number of carbonyl (C=O) groups is 1. The summed E-state index contributed by atoms with van der Waals surface area (Å²) in [6, 6.07) is 7.30. The summed E-state index contributed by atoms with van der Waals surface area (Å²) < 4.78 is 10.7. The quantitative estimate of drug-likeness (QED) is 0.798. The molecule has 1 aliphatic rings. The van der Waals surface area contributed by atoms with Crippen molar-refractivity contribution >= 4 is 5.91 Å². The summed E-state index contributed by atoms with van der Waals surface area (Å²) >= 11 is 0. The fraction of sp³-hybridized carbons (Fsp3) is 0.533. The highest BCUT2D eigenvalue weighted by Gasteiger charge is 2.23. The van der Waals surface area contributed by atoms with Crippen molar-refractivity contribution in [1.82, 2.24) is 4.90 Å². The van der Waals surface area contributed by atoms with Crippen molar-refractivity contribution in [2.24, 2.45) is 11.8 Å². The number of hydrogen-bond donors (Lipinski definition) is 1. The lowest BCUT2D eigenvalue weighted by Gasteiger charge is -2.31. The van der Waals surface area contributed by atoms with Crippen LogP contribution < -0.4 is 15.4 Å². The molecule has 21 heavy (non-hydrogen) atoms. The number of hydrogen-bond acceptors (Lipinski definition) is 5. The van der Waals surface area contributed by atoms with E-state index in [1.54, 1.807) is 19.2 Å². The predicted octanol–water partition coefficient (Wildman–Crippen LogP) is 1.20. The largest absolute Gasteiger partial charge is 0.493 e. The van der Waals surface area contributed by atoms with Gasteiger partial charge < -0.3 is 19.2 Å². The van der Waals surface area contributed by atoms with Gasteiger partial charge in [0.05, 0.1) is 13.7 Å². The first-order valence-corrected chi connectivity index (χ1v) is 7.10. The van der Waals surface area contributed by atoms with Crippen molar-refractivity contribution in [3.63, 3.8) is 0 Å². The summed E-state index contributed by atoms with van der Waals surface area (Å²) in [5, 5.41) is 0. The van der Waals surface area contributed by atoms with E-state index in [9.17, 15) is 4.79 Å². The number of nitrogens with two attached hydrogens (primary N) is 1. The molecule has 1 heterocycles. The van der Waals surface area contributed by atoms with Crippen LogP contribution in [0.1, 0.15) is 12.8 Å². The maximum atomic E-state index is 12.1. The van der Waals surface area contributed by atoms with E-state index in [0.717, 1.165) is 25.9 Å². The summed E-state index contributed by atoms with van der Waals surface area (Å²) in [5.41, 5.74) is 0. The van der Waals surface area contributed by atoms with E-state index < -0.39 is 0 Å². The van der Waals surface area contributed by atoms with E-state index in [2.05, 4.69) is 4.84 Å². The van der Waals surface area contributed by atoms with Crippen LogP contribution in [0.3, 0.4) is 0 Å². The van der Waals surface area contributed by atoms with Gasteiger partial charge in [0.25, 0.3) is 5.91 Å². The highest BCUT2D eigenvalue weighted by atomic mass is 16.6. The SMILES string of the molecule is COc1ccccc1OCC(=O)N1CCC(CON)CC1. The molecule has 0 bridgehead atoms. The number of piperidine rings is 1. The van der Waals surface area contributed by atoms with Gasteiger partial charge in [-0.1, -0.05) is 12.1 Å². The van der Waals surface area contributed by atoms with Gasteiger partial charge in [-0.15, -0.1) is 0 Å². The zero-order valence-corrected chi connectivity index (χ0v) is 12.3. The maximum absolute atomic E-state index is 12.1. The van der Waals surface area contributed by atoms with Crippen molar-refractivity contribution in [3.8, 4) is 11.5 Å². The fourth-order valence-corrected chi connectivity index (χ4v) is 2.45. The molecule has 0 radical (unpaired) electrons. The molecular weight excluding hydrogens is 272 g/mol. The Balaban J connectivity index is 1.80. The van der Waals surface area contributed by atoms with Gasteiger partial charge in [-0.05, 0) is 30.9 Å². The van der Waals surface area contributed by atoms with Crippen LogP contribution in [0.25, 0.3) is 0 Å². The zero-order valence-electron chi connectivity index (χ0n) is 12.3. The average Bonchev–Trinajstić information content (AvgIpc) is 2.54. The number of para-hydroxylation sites is 2. The summed E-state index contributed by atoms with van der Waals surface area (Å²) in [6.07, 6.45) is 1.83. The van der Waals surface area contributed by atoms with Crippen molar-refractivity contribution in [2.45, 2.75) is 12.8 Å². The van der Waals surface area contributed by atoms with Crippen molar-refractivity contribution < 1.29 is 19.1 Å². The summed E-state index contributed by atoms with van der Waals surface area (Å²) in [6.45, 7) is 2.03. The van der Waals surface area contributed by atoms with Crippen molar-refractivity contribution in [3.05, 3.63) is 24.3 Å². The normalized spacial score (nSPS) is 15.8. The van der Waals surface area contributed by atoms with E-state index in [1.165, 1.54) is 0 Å². The van der Waals surface area contributed by atoms with Crippen LogP contribution in [0.5, 0.6) is 11.5 Å². The van der Waals surface area contributed by atoms with Gasteiger partial charge in [-0.25, -0.2) is 5.90 Å². The molecule has 0 aliphatic carbocycles. The van der Waals surface area contributed by atoms with Crippen molar-refractivity contribution in [2.75, 3.05) is 33.4 Å². The smallest absolute Gasteiger partial charge is 0.260 e. The van der Waals surface area contributed by atoms with Crippen LogP contribution in [-0.2, 0) is 9.63 Å². The zero-order chi connectivity index (χ0) is 15.1. The second kappa shape index (κ2) is 7.85. The second-order valence-corrected chi connectivity index (χ2v) is 5.10. The molecule has 1 aromatic rings. The molecule has 1 amide bonds. The van der Waals surface area contributed by atoms with E-state index in [-0.39, 0.29) is 12.5 Å². The summed E-state index contributed by atoms with van der Waals surface area (Å²) in [7, 11) is 1.58. The van der Waals surface area contributed by atoms with Gasteiger partial charge in [0.15, 0.2) is 18.1 Å². The number of nitrogens with zero attached hydrogens (tertiary/aromatic N) is 1. The van der Waals surface area contributed by atoms with Crippen molar-refractivity contribution in [1.29, 1.82) is 0 Å². The lowest BCUT2D eigenvalue weighted by Crippen LogP contribution is -2.41. The Hall–Kier alpha value is -1.79. The van der Waals surface area contributed by atoms with Crippen LogP contribution >= 0.6 is 0 Å². The van der Waals surface area contributed by atoms with Crippen LogP contribution in [0.15, 0.2) is 24.3 Å². The first kappa shape index (κ1) is 15.6. The van der Waals surface area contributed by atoms with E-state index in [4.69, 9.17) is 15.4 Å². The minimum atomic E-state index is -0.00646. The second-order valence-electron chi connectivity index (χ2n) is 5.10. The van der Waals surface area contributed by atoms with Crippen LogP contribution in [0, 0.1) is 5.92 Å². The number of methoxy groups -OCH3 is 1. The first-order chi connectivity index (χ1) is 10.2. The van der Waals surface area contributed by atoms with Crippen LogP contribution in [0.4, 0.5) is 0 Å². The fourth-order valence-electron chi connectivity index (χ4n) is 2.45. The number of likely N-dealkylation sites (tertiary alicyclic amines) is 1.